The Morgan fingerprint density at radius 3 is 2.33 bits per heavy atom. The summed E-state index contributed by atoms with van der Waals surface area (Å²) < 4.78 is 16.4. The van der Waals surface area contributed by atoms with Crippen LogP contribution in [0.15, 0.2) is 24.3 Å². The van der Waals surface area contributed by atoms with Gasteiger partial charge < -0.3 is 19.3 Å². The Morgan fingerprint density at radius 2 is 1.76 bits per heavy atom. The van der Waals surface area contributed by atoms with Gasteiger partial charge in [-0.25, -0.2) is 0 Å². The van der Waals surface area contributed by atoms with Crippen LogP contribution in [0.25, 0.3) is 0 Å². The first-order chi connectivity index (χ1) is 10.1. The minimum atomic E-state index is -0.510. The Hall–Kier alpha value is -1.30. The molecule has 5 nitrogen and oxygen atoms in total. The number of aliphatic hydroxyl groups is 1. The number of benzene rings is 1. The predicted octanol–water partition coefficient (Wildman–Crippen LogP) is 1.54. The predicted molar refractivity (Wildman–Crippen MR) is 80.9 cm³/mol. The molecule has 1 aromatic rings. The van der Waals surface area contributed by atoms with E-state index in [2.05, 4.69) is 18.7 Å². The molecule has 1 N–H and O–H groups in total. The van der Waals surface area contributed by atoms with Crippen molar-refractivity contribution in [2.24, 2.45) is 0 Å². The van der Waals surface area contributed by atoms with Gasteiger partial charge in [0.25, 0.3) is 0 Å². The normalized spacial score (nSPS) is 24.6. The smallest absolute Gasteiger partial charge is 0.119 e. The molecule has 0 spiro atoms. The van der Waals surface area contributed by atoms with Crippen LogP contribution in [0.3, 0.4) is 0 Å². The largest absolute Gasteiger partial charge is 0.497 e. The molecular weight excluding hydrogens is 270 g/mol. The van der Waals surface area contributed by atoms with Gasteiger partial charge in [0, 0.05) is 19.6 Å². The minimum absolute atomic E-state index is 0.212. The van der Waals surface area contributed by atoms with Crippen molar-refractivity contribution in [2.75, 3.05) is 33.4 Å². The first kappa shape index (κ1) is 16.1. The van der Waals surface area contributed by atoms with Crippen molar-refractivity contribution in [3.63, 3.8) is 0 Å². The van der Waals surface area contributed by atoms with Crippen molar-refractivity contribution < 1.29 is 19.3 Å². The summed E-state index contributed by atoms with van der Waals surface area (Å²) in [6.45, 7) is 6.71. The van der Waals surface area contributed by atoms with Crippen LogP contribution in [-0.2, 0) is 4.74 Å². The van der Waals surface area contributed by atoms with Gasteiger partial charge in [-0.05, 0) is 38.1 Å². The number of hydrogen-bond donors (Lipinski definition) is 1. The molecule has 0 aliphatic carbocycles. The van der Waals surface area contributed by atoms with Crippen LogP contribution in [0.4, 0.5) is 0 Å². The fourth-order valence-electron chi connectivity index (χ4n) is 2.65. The second-order valence-electron chi connectivity index (χ2n) is 5.62. The van der Waals surface area contributed by atoms with Gasteiger partial charge in [-0.15, -0.1) is 0 Å². The van der Waals surface area contributed by atoms with Crippen molar-refractivity contribution >= 4 is 0 Å². The van der Waals surface area contributed by atoms with Crippen LogP contribution in [0.5, 0.6) is 11.5 Å². The van der Waals surface area contributed by atoms with E-state index in [4.69, 9.17) is 14.2 Å². The summed E-state index contributed by atoms with van der Waals surface area (Å²) in [4.78, 5) is 2.22. The zero-order valence-electron chi connectivity index (χ0n) is 13.0. The molecule has 0 saturated carbocycles. The van der Waals surface area contributed by atoms with Gasteiger partial charge in [0.05, 0.1) is 19.3 Å². The van der Waals surface area contributed by atoms with Crippen LogP contribution >= 0.6 is 0 Å². The van der Waals surface area contributed by atoms with Crippen LogP contribution in [0, 0.1) is 0 Å². The van der Waals surface area contributed by atoms with E-state index in [9.17, 15) is 5.11 Å². The number of methoxy groups -OCH3 is 1. The molecule has 1 saturated heterocycles. The highest BCUT2D eigenvalue weighted by atomic mass is 16.5. The highest BCUT2D eigenvalue weighted by Crippen LogP contribution is 2.17. The van der Waals surface area contributed by atoms with Crippen molar-refractivity contribution in [2.45, 2.75) is 32.2 Å². The third kappa shape index (κ3) is 5.19. The number of hydrogen-bond acceptors (Lipinski definition) is 5. The topological polar surface area (TPSA) is 51.2 Å². The molecule has 3 atom stereocenters. The zero-order valence-corrected chi connectivity index (χ0v) is 13.0. The van der Waals surface area contributed by atoms with E-state index in [1.165, 1.54) is 0 Å². The summed E-state index contributed by atoms with van der Waals surface area (Å²) in [5.41, 5.74) is 0. The van der Waals surface area contributed by atoms with E-state index < -0.39 is 6.10 Å². The van der Waals surface area contributed by atoms with Gasteiger partial charge in [0.2, 0.25) is 0 Å². The van der Waals surface area contributed by atoms with Gasteiger partial charge in [-0.2, -0.15) is 0 Å². The molecule has 0 bridgehead atoms. The number of ether oxygens (including phenoxy) is 3. The zero-order chi connectivity index (χ0) is 15.2. The van der Waals surface area contributed by atoms with E-state index in [0.717, 1.165) is 24.6 Å². The van der Waals surface area contributed by atoms with Gasteiger partial charge in [-0.3, -0.25) is 4.90 Å². The van der Waals surface area contributed by atoms with Gasteiger partial charge in [-0.1, -0.05) is 0 Å². The number of rotatable bonds is 6. The lowest BCUT2D eigenvalue weighted by Gasteiger charge is -2.36. The Bertz CT molecular complexity index is 413. The van der Waals surface area contributed by atoms with Gasteiger partial charge in [0.1, 0.15) is 24.2 Å². The summed E-state index contributed by atoms with van der Waals surface area (Å²) in [5.74, 6) is 1.53. The number of nitrogens with zero attached hydrogens (tertiary/aromatic N) is 1. The van der Waals surface area contributed by atoms with Gasteiger partial charge in [0.15, 0.2) is 0 Å². The molecule has 0 radical (unpaired) electrons. The van der Waals surface area contributed by atoms with Crippen LogP contribution in [0.1, 0.15) is 13.8 Å². The first-order valence-corrected chi connectivity index (χ1v) is 7.39. The molecule has 1 aromatic carbocycles. The molecule has 118 valence electrons. The molecule has 1 aliphatic rings. The molecule has 1 fully saturated rings. The second-order valence-corrected chi connectivity index (χ2v) is 5.62. The minimum Gasteiger partial charge on any atom is -0.497 e. The molecule has 0 unspecified atom stereocenters. The van der Waals surface area contributed by atoms with Crippen molar-refractivity contribution in [3.8, 4) is 11.5 Å². The number of morpholine rings is 1. The highest BCUT2D eigenvalue weighted by molar-refractivity contribution is 5.31. The Balaban J connectivity index is 1.74. The quantitative estimate of drug-likeness (QED) is 0.863. The standard InChI is InChI=1S/C16H25NO4/c1-12-8-17(9-13(2)21-12)10-14(18)11-20-16-6-4-15(19-3)5-7-16/h4-7,12-14,18H,8-11H2,1-3H3/t12-,13+,14-/m1/s1. The SMILES string of the molecule is COc1ccc(OC[C@H](O)CN2C[C@@H](C)O[C@@H](C)C2)cc1. The van der Waals surface area contributed by atoms with Crippen LogP contribution in [0.2, 0.25) is 0 Å². The van der Waals surface area contributed by atoms with Crippen LogP contribution in [-0.4, -0.2) is 61.7 Å². The Kier molecular flexibility index (Phi) is 5.85. The van der Waals surface area contributed by atoms with Crippen LogP contribution < -0.4 is 9.47 Å². The summed E-state index contributed by atoms with van der Waals surface area (Å²) in [6, 6.07) is 7.36. The monoisotopic (exact) mass is 295 g/mol. The molecular formula is C16H25NO4. The Labute approximate surface area is 126 Å². The molecule has 5 heteroatoms. The lowest BCUT2D eigenvalue weighted by molar-refractivity contribution is -0.0786. The average Bonchev–Trinajstić information content (AvgIpc) is 2.44. The van der Waals surface area contributed by atoms with E-state index >= 15 is 0 Å². The molecule has 0 aromatic heterocycles. The summed E-state index contributed by atoms with van der Waals surface area (Å²) in [5, 5.41) is 10.1. The number of β-amino-alcohol motifs (C(OH)–C–C–N with tert-alkyl or cyclic N) is 1. The van der Waals surface area contributed by atoms with Crippen molar-refractivity contribution in [1.29, 1.82) is 0 Å². The molecule has 1 aliphatic heterocycles. The van der Waals surface area contributed by atoms with Gasteiger partial charge >= 0.3 is 0 Å². The van der Waals surface area contributed by atoms with Crippen molar-refractivity contribution in [1.82, 2.24) is 4.90 Å². The summed E-state index contributed by atoms with van der Waals surface area (Å²) >= 11 is 0. The van der Waals surface area contributed by atoms with E-state index in [1.54, 1.807) is 7.11 Å². The van der Waals surface area contributed by atoms with E-state index in [-0.39, 0.29) is 18.8 Å². The number of aliphatic hydroxyl groups excluding tert-OH is 1. The summed E-state index contributed by atoms with van der Waals surface area (Å²) in [6.07, 6.45) is -0.0866. The highest BCUT2D eigenvalue weighted by Gasteiger charge is 2.23. The molecule has 2 rings (SSSR count). The fourth-order valence-corrected chi connectivity index (χ4v) is 2.65. The lowest BCUT2D eigenvalue weighted by atomic mass is 10.2. The third-order valence-corrected chi connectivity index (χ3v) is 3.47. The van der Waals surface area contributed by atoms with E-state index in [1.807, 2.05) is 24.3 Å². The average molecular weight is 295 g/mol. The molecule has 21 heavy (non-hydrogen) atoms. The first-order valence-electron chi connectivity index (χ1n) is 7.39. The molecule has 1 heterocycles. The molecule has 0 amide bonds. The van der Waals surface area contributed by atoms with Crippen molar-refractivity contribution in [3.05, 3.63) is 24.3 Å². The summed E-state index contributed by atoms with van der Waals surface area (Å²) in [7, 11) is 1.63. The maximum atomic E-state index is 10.1. The lowest BCUT2D eigenvalue weighted by Crippen LogP contribution is -2.48. The maximum Gasteiger partial charge on any atom is 0.119 e. The second kappa shape index (κ2) is 7.64. The van der Waals surface area contributed by atoms with E-state index in [0.29, 0.717) is 6.54 Å². The third-order valence-electron chi connectivity index (χ3n) is 3.47. The maximum absolute atomic E-state index is 10.1. The fraction of sp³-hybridized carbons (Fsp3) is 0.625. The Morgan fingerprint density at radius 1 is 1.19 bits per heavy atom.